The highest BCUT2D eigenvalue weighted by atomic mass is 15.0. The Morgan fingerprint density at radius 3 is 1.97 bits per heavy atom. The molecule has 0 atom stereocenters. The summed E-state index contributed by atoms with van der Waals surface area (Å²) in [5.74, 6) is 0. The number of aryl methyl sites for hydroxylation is 9. The summed E-state index contributed by atoms with van der Waals surface area (Å²) in [4.78, 5) is 9.18. The fourth-order valence-corrected chi connectivity index (χ4v) is 4.92. The summed E-state index contributed by atoms with van der Waals surface area (Å²) in [6.07, 6.45) is 16.7. The summed E-state index contributed by atoms with van der Waals surface area (Å²) in [5, 5.41) is 2.47. The van der Waals surface area contributed by atoms with Crippen molar-refractivity contribution < 1.29 is 0 Å². The van der Waals surface area contributed by atoms with Crippen molar-refractivity contribution >= 4 is 10.8 Å². The van der Waals surface area contributed by atoms with Crippen LogP contribution in [0.1, 0.15) is 40.8 Å². The SMILES string of the molecule is CCn1cnc(CCc2cc(CCc3cc(CCc4cc5ccccc5cn4)cn3C)cn2C)c1. The number of pyridine rings is 1. The normalized spacial score (nSPS) is 11.5. The van der Waals surface area contributed by atoms with E-state index in [9.17, 15) is 0 Å². The van der Waals surface area contributed by atoms with Gasteiger partial charge in [0, 0.05) is 67.9 Å². The van der Waals surface area contributed by atoms with Gasteiger partial charge in [-0.25, -0.2) is 4.98 Å². The van der Waals surface area contributed by atoms with Crippen LogP contribution in [-0.4, -0.2) is 23.7 Å². The zero-order valence-electron chi connectivity index (χ0n) is 21.1. The van der Waals surface area contributed by atoms with Crippen LogP contribution < -0.4 is 0 Å². The third kappa shape index (κ3) is 5.56. The Balaban J connectivity index is 1.16. The summed E-state index contributed by atoms with van der Waals surface area (Å²) in [7, 11) is 4.32. The van der Waals surface area contributed by atoms with Crippen molar-refractivity contribution in [3.05, 3.63) is 107 Å². The van der Waals surface area contributed by atoms with Crippen molar-refractivity contribution in [2.45, 2.75) is 52.0 Å². The molecule has 0 saturated carbocycles. The molecule has 0 N–H and O–H groups in total. The predicted octanol–water partition coefficient (Wildman–Crippen LogP) is 5.48. The molecule has 0 unspecified atom stereocenters. The van der Waals surface area contributed by atoms with Gasteiger partial charge in [-0.1, -0.05) is 24.3 Å². The Hall–Kier alpha value is -3.60. The lowest BCUT2D eigenvalue weighted by atomic mass is 10.1. The van der Waals surface area contributed by atoms with Crippen LogP contribution in [0.15, 0.2) is 73.6 Å². The van der Waals surface area contributed by atoms with Crippen molar-refractivity contribution in [3.63, 3.8) is 0 Å². The van der Waals surface area contributed by atoms with E-state index in [1.165, 1.54) is 39.0 Å². The minimum absolute atomic E-state index is 0.965. The van der Waals surface area contributed by atoms with Crippen LogP contribution in [0.4, 0.5) is 0 Å². The van der Waals surface area contributed by atoms with E-state index in [1.54, 1.807) is 0 Å². The van der Waals surface area contributed by atoms with E-state index in [4.69, 9.17) is 0 Å². The Kier molecular flexibility index (Phi) is 6.84. The lowest BCUT2D eigenvalue weighted by Gasteiger charge is -2.02. The van der Waals surface area contributed by atoms with Crippen molar-refractivity contribution in [2.24, 2.45) is 14.1 Å². The molecule has 0 aliphatic rings. The first-order valence-electron chi connectivity index (χ1n) is 12.7. The van der Waals surface area contributed by atoms with Gasteiger partial charge in [-0.3, -0.25) is 4.98 Å². The van der Waals surface area contributed by atoms with Gasteiger partial charge in [-0.15, -0.1) is 0 Å². The maximum Gasteiger partial charge on any atom is 0.0949 e. The van der Waals surface area contributed by atoms with Gasteiger partial charge in [-0.2, -0.15) is 0 Å². The van der Waals surface area contributed by atoms with Crippen molar-refractivity contribution in [1.82, 2.24) is 23.7 Å². The van der Waals surface area contributed by atoms with Crippen molar-refractivity contribution in [2.75, 3.05) is 0 Å². The smallest absolute Gasteiger partial charge is 0.0949 e. The number of rotatable bonds is 10. The molecule has 1 aromatic carbocycles. The first-order chi connectivity index (χ1) is 17.1. The highest BCUT2D eigenvalue weighted by Crippen LogP contribution is 2.18. The molecule has 5 nitrogen and oxygen atoms in total. The fourth-order valence-electron chi connectivity index (χ4n) is 4.92. The summed E-state index contributed by atoms with van der Waals surface area (Å²) in [6, 6.07) is 15.4. The van der Waals surface area contributed by atoms with Gasteiger partial charge in [-0.05, 0) is 80.2 Å². The van der Waals surface area contributed by atoms with E-state index >= 15 is 0 Å². The highest BCUT2D eigenvalue weighted by molar-refractivity contribution is 5.81. The van der Waals surface area contributed by atoms with E-state index in [1.807, 2.05) is 12.5 Å². The lowest BCUT2D eigenvalue weighted by Crippen LogP contribution is -1.98. The number of nitrogens with zero attached hydrogens (tertiary/aromatic N) is 5. The van der Waals surface area contributed by atoms with Crippen LogP contribution in [0, 0.1) is 0 Å². The molecule has 0 spiro atoms. The van der Waals surface area contributed by atoms with Crippen molar-refractivity contribution in [3.8, 4) is 0 Å². The molecule has 5 rings (SSSR count). The monoisotopic (exact) mass is 465 g/mol. The topological polar surface area (TPSA) is 40.6 Å². The maximum atomic E-state index is 4.66. The fraction of sp³-hybridized carbons (Fsp3) is 0.333. The van der Waals surface area contributed by atoms with Gasteiger partial charge in [0.15, 0.2) is 0 Å². The van der Waals surface area contributed by atoms with Crippen LogP contribution in [0.25, 0.3) is 10.8 Å². The molecule has 0 fully saturated rings. The van der Waals surface area contributed by atoms with Gasteiger partial charge < -0.3 is 13.7 Å². The first-order valence-corrected chi connectivity index (χ1v) is 12.7. The third-order valence-electron chi connectivity index (χ3n) is 7.05. The molecule has 5 aromatic rings. The summed E-state index contributed by atoms with van der Waals surface area (Å²) < 4.78 is 6.70. The predicted molar refractivity (Wildman–Crippen MR) is 143 cm³/mol. The molecule has 0 radical (unpaired) electrons. The van der Waals surface area contributed by atoms with E-state index in [2.05, 4.69) is 106 Å². The zero-order valence-corrected chi connectivity index (χ0v) is 21.1. The van der Waals surface area contributed by atoms with Gasteiger partial charge in [0.1, 0.15) is 0 Å². The molecule has 180 valence electrons. The number of imidazole rings is 1. The average Bonchev–Trinajstić information content (AvgIpc) is 3.58. The highest BCUT2D eigenvalue weighted by Gasteiger charge is 2.09. The van der Waals surface area contributed by atoms with Gasteiger partial charge in [0.2, 0.25) is 0 Å². The van der Waals surface area contributed by atoms with Crippen LogP contribution in [0.3, 0.4) is 0 Å². The number of hydrogen-bond donors (Lipinski definition) is 0. The molecule has 0 aliphatic carbocycles. The summed E-state index contributed by atoms with van der Waals surface area (Å²) in [6.45, 7) is 3.12. The standard InChI is InChI=1S/C30H35N5/c1-4-35-21-28(32-22-35)12-14-30-16-24(20-34(30)3)10-13-29-15-23(19-33(29)2)9-11-27-17-25-7-5-6-8-26(25)18-31-27/h5-8,15-22H,4,9-14H2,1-3H3. The molecule has 4 heterocycles. The van der Waals surface area contributed by atoms with Gasteiger partial charge in [0.05, 0.1) is 12.0 Å². The summed E-state index contributed by atoms with van der Waals surface area (Å²) in [5.41, 5.74) is 7.89. The maximum absolute atomic E-state index is 4.66. The molecular formula is C30H35N5. The van der Waals surface area contributed by atoms with E-state index in [-0.39, 0.29) is 0 Å². The molecular weight excluding hydrogens is 430 g/mol. The largest absolute Gasteiger partial charge is 0.354 e. The van der Waals surface area contributed by atoms with E-state index < -0.39 is 0 Å². The second-order valence-electron chi connectivity index (χ2n) is 9.62. The number of benzene rings is 1. The number of fused-ring (bicyclic) bond motifs is 1. The average molecular weight is 466 g/mol. The molecule has 0 bridgehead atoms. The zero-order chi connectivity index (χ0) is 24.2. The Morgan fingerprint density at radius 2 is 1.29 bits per heavy atom. The second kappa shape index (κ2) is 10.3. The molecule has 0 saturated heterocycles. The molecule has 5 heteroatoms. The van der Waals surface area contributed by atoms with Crippen LogP contribution in [-0.2, 0) is 59.2 Å². The van der Waals surface area contributed by atoms with Gasteiger partial charge >= 0.3 is 0 Å². The molecule has 0 amide bonds. The van der Waals surface area contributed by atoms with Gasteiger partial charge in [0.25, 0.3) is 0 Å². The van der Waals surface area contributed by atoms with Crippen LogP contribution in [0.2, 0.25) is 0 Å². The van der Waals surface area contributed by atoms with E-state index in [0.29, 0.717) is 0 Å². The lowest BCUT2D eigenvalue weighted by molar-refractivity contribution is 0.758. The Labute approximate surface area is 208 Å². The van der Waals surface area contributed by atoms with Crippen LogP contribution >= 0.6 is 0 Å². The molecule has 35 heavy (non-hydrogen) atoms. The molecule has 0 aliphatic heterocycles. The summed E-state index contributed by atoms with van der Waals surface area (Å²) >= 11 is 0. The first kappa shape index (κ1) is 23.2. The molecule has 4 aromatic heterocycles. The number of aromatic nitrogens is 5. The Bertz CT molecular complexity index is 1420. The quantitative estimate of drug-likeness (QED) is 0.274. The minimum atomic E-state index is 0.965. The van der Waals surface area contributed by atoms with Crippen LogP contribution in [0.5, 0.6) is 0 Å². The Morgan fingerprint density at radius 1 is 0.657 bits per heavy atom. The van der Waals surface area contributed by atoms with Crippen molar-refractivity contribution in [1.29, 1.82) is 0 Å². The number of hydrogen-bond acceptors (Lipinski definition) is 2. The third-order valence-corrected chi connectivity index (χ3v) is 7.05. The minimum Gasteiger partial charge on any atom is -0.354 e. The second-order valence-corrected chi connectivity index (χ2v) is 9.62. The van der Waals surface area contributed by atoms with E-state index in [0.717, 1.165) is 50.8 Å².